The van der Waals surface area contributed by atoms with E-state index in [0.29, 0.717) is 6.20 Å². The maximum atomic E-state index is 13.8. The molecule has 0 aliphatic carbocycles. The van der Waals surface area contributed by atoms with Crippen LogP contribution in [0.5, 0.6) is 5.75 Å². The van der Waals surface area contributed by atoms with Crippen molar-refractivity contribution in [2.24, 2.45) is 0 Å². The molecule has 1 aromatic carbocycles. The summed E-state index contributed by atoms with van der Waals surface area (Å²) in [7, 11) is -3.89. The highest BCUT2D eigenvalue weighted by molar-refractivity contribution is 7.89. The summed E-state index contributed by atoms with van der Waals surface area (Å²) in [5.74, 6) is -2.20. The number of amides is 1. The summed E-state index contributed by atoms with van der Waals surface area (Å²) in [6.07, 6.45) is -2.39. The number of anilines is 1. The molecule has 13 heteroatoms. The molecule has 0 atom stereocenters. The van der Waals surface area contributed by atoms with Gasteiger partial charge in [-0.25, -0.2) is 17.5 Å². The molecule has 1 N–H and O–H groups in total. The van der Waals surface area contributed by atoms with Crippen LogP contribution >= 0.6 is 11.6 Å². The Morgan fingerprint density at radius 1 is 1.27 bits per heavy atom. The lowest BCUT2D eigenvalue weighted by Gasteiger charge is -2.40. The fraction of sp³-hybridized carbons (Fsp3) is 0.294. The Balaban J connectivity index is 1.74. The number of pyridine rings is 1. The number of hydrogen-bond acceptors (Lipinski definition) is 6. The number of hydrogen-bond donors (Lipinski definition) is 1. The predicted molar refractivity (Wildman–Crippen MR) is 99.6 cm³/mol. The van der Waals surface area contributed by atoms with Crippen LogP contribution in [0.4, 0.5) is 23.2 Å². The minimum Gasteiger partial charge on any atom is -0.486 e. The highest BCUT2D eigenvalue weighted by Crippen LogP contribution is 2.33. The zero-order valence-electron chi connectivity index (χ0n) is 15.2. The molecule has 0 saturated carbocycles. The molecule has 0 radical (unpaired) electrons. The predicted octanol–water partition coefficient (Wildman–Crippen LogP) is 2.85. The normalized spacial score (nSPS) is 14.9. The number of carbonyl (C=O) groups is 1. The third-order valence-electron chi connectivity index (χ3n) is 4.10. The quantitative estimate of drug-likeness (QED) is 0.680. The Bertz CT molecular complexity index is 1090. The molecule has 1 amide bonds. The minimum absolute atomic E-state index is 0.139. The van der Waals surface area contributed by atoms with Gasteiger partial charge in [-0.3, -0.25) is 9.78 Å². The van der Waals surface area contributed by atoms with Gasteiger partial charge >= 0.3 is 6.18 Å². The molecule has 1 aliphatic heterocycles. The number of nitrogens with zero attached hydrogens (tertiary/aromatic N) is 2. The summed E-state index contributed by atoms with van der Waals surface area (Å²) in [6.45, 7) is 0.279. The van der Waals surface area contributed by atoms with Crippen molar-refractivity contribution in [1.29, 1.82) is 0 Å². The first-order chi connectivity index (χ1) is 13.8. The van der Waals surface area contributed by atoms with Crippen LogP contribution < -0.4 is 14.4 Å². The molecule has 1 aliphatic rings. The number of alkyl halides is 3. The number of benzene rings is 1. The van der Waals surface area contributed by atoms with Crippen molar-refractivity contribution in [3.63, 3.8) is 0 Å². The number of nitrogens with one attached hydrogen (secondary N) is 1. The molecular weight excluding hydrogens is 454 g/mol. The summed E-state index contributed by atoms with van der Waals surface area (Å²) in [5, 5.41) is -0.411. The average molecular weight is 468 g/mol. The highest BCUT2D eigenvalue weighted by atomic mass is 35.5. The van der Waals surface area contributed by atoms with Gasteiger partial charge in [0.05, 0.1) is 47.4 Å². The Kier molecular flexibility index (Phi) is 5.83. The van der Waals surface area contributed by atoms with Crippen LogP contribution in [0.2, 0.25) is 5.02 Å². The van der Waals surface area contributed by atoms with E-state index in [-0.39, 0.29) is 30.1 Å². The monoisotopic (exact) mass is 467 g/mol. The van der Waals surface area contributed by atoms with Gasteiger partial charge in [-0.1, -0.05) is 11.6 Å². The van der Waals surface area contributed by atoms with Crippen LogP contribution in [-0.2, 0) is 16.2 Å². The van der Waals surface area contributed by atoms with Crippen molar-refractivity contribution < 1.29 is 35.5 Å². The zero-order chi connectivity index (χ0) is 22.3. The van der Waals surface area contributed by atoms with Gasteiger partial charge in [-0.15, -0.1) is 0 Å². The Hall–Kier alpha value is -2.60. The molecular formula is C17H14ClF4N3O4S. The van der Waals surface area contributed by atoms with Gasteiger partial charge in [0.1, 0.15) is 17.7 Å². The molecule has 1 saturated heterocycles. The van der Waals surface area contributed by atoms with E-state index in [1.807, 2.05) is 0 Å². The van der Waals surface area contributed by atoms with Gasteiger partial charge in [0.15, 0.2) is 0 Å². The largest absolute Gasteiger partial charge is 0.486 e. The van der Waals surface area contributed by atoms with E-state index in [0.717, 1.165) is 24.5 Å². The fourth-order valence-corrected chi connectivity index (χ4v) is 3.30. The number of sulfonamides is 1. The van der Waals surface area contributed by atoms with Crippen molar-refractivity contribution in [1.82, 2.24) is 9.71 Å². The summed E-state index contributed by atoms with van der Waals surface area (Å²) in [4.78, 5) is 17.3. The van der Waals surface area contributed by atoms with Crippen molar-refractivity contribution in [2.45, 2.75) is 12.3 Å². The van der Waals surface area contributed by atoms with Crippen LogP contribution in [0.3, 0.4) is 0 Å². The van der Waals surface area contributed by atoms with E-state index in [4.69, 9.17) is 16.3 Å². The summed E-state index contributed by atoms with van der Waals surface area (Å²) in [6, 6.07) is 2.71. The lowest BCUT2D eigenvalue weighted by atomic mass is 10.1. The number of aromatic nitrogens is 1. The summed E-state index contributed by atoms with van der Waals surface area (Å²) in [5.41, 5.74) is -0.975. The van der Waals surface area contributed by atoms with E-state index < -0.39 is 44.6 Å². The second-order valence-corrected chi connectivity index (χ2v) is 8.70. The van der Waals surface area contributed by atoms with E-state index in [1.165, 1.54) is 6.20 Å². The van der Waals surface area contributed by atoms with Crippen LogP contribution in [0.1, 0.15) is 15.9 Å². The molecule has 30 heavy (non-hydrogen) atoms. The lowest BCUT2D eigenvalue weighted by molar-refractivity contribution is -0.137. The SMILES string of the molecule is CS(=O)(=O)NC(=O)c1cc(Cl)c(F)cc1OC1CN(c2cncc(C(F)(F)F)c2)C1. The first kappa shape index (κ1) is 22.1. The van der Waals surface area contributed by atoms with Gasteiger partial charge < -0.3 is 9.64 Å². The van der Waals surface area contributed by atoms with E-state index in [1.54, 1.807) is 9.62 Å². The smallest absolute Gasteiger partial charge is 0.417 e. The number of halogens is 5. The molecule has 0 spiro atoms. The minimum atomic E-state index is -4.54. The molecule has 1 aromatic heterocycles. The molecule has 0 bridgehead atoms. The topological polar surface area (TPSA) is 88.6 Å². The maximum Gasteiger partial charge on any atom is 0.417 e. The third-order valence-corrected chi connectivity index (χ3v) is 4.95. The van der Waals surface area contributed by atoms with E-state index in [2.05, 4.69) is 4.98 Å². The molecule has 2 heterocycles. The molecule has 3 rings (SSSR count). The van der Waals surface area contributed by atoms with Gasteiger partial charge in [-0.05, 0) is 12.1 Å². The third kappa shape index (κ3) is 5.11. The number of rotatable bonds is 5. The first-order valence-corrected chi connectivity index (χ1v) is 10.6. The Labute approximate surface area is 173 Å². The summed E-state index contributed by atoms with van der Waals surface area (Å²) >= 11 is 5.67. The first-order valence-electron chi connectivity index (χ1n) is 8.28. The number of carbonyl (C=O) groups excluding carboxylic acids is 1. The fourth-order valence-electron chi connectivity index (χ4n) is 2.69. The highest BCUT2D eigenvalue weighted by Gasteiger charge is 2.34. The van der Waals surface area contributed by atoms with Gasteiger partial charge in [0, 0.05) is 12.3 Å². The van der Waals surface area contributed by atoms with Crippen LogP contribution in [-0.4, -0.2) is 44.8 Å². The Morgan fingerprint density at radius 3 is 2.53 bits per heavy atom. The lowest BCUT2D eigenvalue weighted by Crippen LogP contribution is -2.54. The molecule has 1 fully saturated rings. The average Bonchev–Trinajstić information content (AvgIpc) is 2.58. The van der Waals surface area contributed by atoms with Gasteiger partial charge in [0.2, 0.25) is 10.0 Å². The molecule has 162 valence electrons. The van der Waals surface area contributed by atoms with Crippen molar-refractivity contribution >= 4 is 33.2 Å². The zero-order valence-corrected chi connectivity index (χ0v) is 16.8. The van der Waals surface area contributed by atoms with Crippen molar-refractivity contribution in [3.05, 3.63) is 52.6 Å². The van der Waals surface area contributed by atoms with Crippen LogP contribution in [0, 0.1) is 5.82 Å². The Morgan fingerprint density at radius 2 is 1.93 bits per heavy atom. The van der Waals surface area contributed by atoms with Gasteiger partial charge in [-0.2, -0.15) is 13.2 Å². The molecule has 0 unspecified atom stereocenters. The maximum absolute atomic E-state index is 13.8. The van der Waals surface area contributed by atoms with E-state index in [9.17, 15) is 30.8 Å². The molecule has 2 aromatic rings. The van der Waals surface area contributed by atoms with Crippen molar-refractivity contribution in [3.8, 4) is 5.75 Å². The summed E-state index contributed by atoms with van der Waals surface area (Å²) < 4.78 is 82.2. The number of ether oxygens (including phenoxy) is 1. The standard InChI is InChI=1S/C17H14ClF4N3O4S/c1-30(27,28)24-16(26)12-3-13(18)14(19)4-15(12)29-11-7-25(8-11)10-2-9(5-23-6-10)17(20,21)22/h2-6,11H,7-8H2,1H3,(H,24,26). The van der Waals surface area contributed by atoms with Gasteiger partial charge in [0.25, 0.3) is 5.91 Å². The van der Waals surface area contributed by atoms with E-state index >= 15 is 0 Å². The second-order valence-electron chi connectivity index (χ2n) is 6.54. The van der Waals surface area contributed by atoms with Crippen LogP contribution in [0.25, 0.3) is 0 Å². The van der Waals surface area contributed by atoms with Crippen molar-refractivity contribution in [2.75, 3.05) is 24.2 Å². The second kappa shape index (κ2) is 7.91. The van der Waals surface area contributed by atoms with Crippen LogP contribution in [0.15, 0.2) is 30.6 Å². The molecule has 7 nitrogen and oxygen atoms in total.